The number of nitrogens with zero attached hydrogens (tertiary/aromatic N) is 3. The van der Waals surface area contributed by atoms with Gasteiger partial charge < -0.3 is 15.4 Å². The Morgan fingerprint density at radius 1 is 1.10 bits per heavy atom. The van der Waals surface area contributed by atoms with Gasteiger partial charge in [-0.25, -0.2) is 4.68 Å². The Balaban J connectivity index is 1.39. The highest BCUT2D eigenvalue weighted by Crippen LogP contribution is 2.29. The lowest BCUT2D eigenvalue weighted by atomic mass is 10.0. The number of halogens is 2. The monoisotopic (exact) mass is 575 g/mol. The minimum atomic E-state index is -0.715. The van der Waals surface area contributed by atoms with E-state index < -0.39 is 6.04 Å². The summed E-state index contributed by atoms with van der Waals surface area (Å²) in [7, 11) is 1.54. The summed E-state index contributed by atoms with van der Waals surface area (Å²) in [5.41, 5.74) is 3.78. The Bertz CT molecular complexity index is 1510. The van der Waals surface area contributed by atoms with Gasteiger partial charge in [-0.1, -0.05) is 41.3 Å². The molecule has 8 nitrogen and oxygen atoms in total. The Hall–Kier alpha value is -4.32. The van der Waals surface area contributed by atoms with Crippen molar-refractivity contribution in [1.82, 2.24) is 25.4 Å². The van der Waals surface area contributed by atoms with Crippen molar-refractivity contribution in [2.24, 2.45) is 0 Å². The van der Waals surface area contributed by atoms with Crippen molar-refractivity contribution in [3.05, 3.63) is 94.2 Å². The van der Waals surface area contributed by atoms with Crippen molar-refractivity contribution in [2.75, 3.05) is 13.7 Å². The van der Waals surface area contributed by atoms with Crippen molar-refractivity contribution in [3.8, 4) is 35.2 Å². The molecule has 2 aromatic carbocycles. The Morgan fingerprint density at radius 3 is 2.58 bits per heavy atom. The van der Waals surface area contributed by atoms with Crippen LogP contribution in [0, 0.1) is 12.3 Å². The van der Waals surface area contributed by atoms with Gasteiger partial charge in [-0.05, 0) is 54.4 Å². The number of nitrogens with one attached hydrogen (secondary N) is 2. The van der Waals surface area contributed by atoms with Crippen molar-refractivity contribution in [1.29, 1.82) is 0 Å². The highest BCUT2D eigenvalue weighted by molar-refractivity contribution is 6.42. The summed E-state index contributed by atoms with van der Waals surface area (Å²) in [6.45, 7) is 0.241. The number of ether oxygens (including phenoxy) is 1. The predicted octanol–water partition coefficient (Wildman–Crippen LogP) is 4.85. The van der Waals surface area contributed by atoms with Crippen LogP contribution in [0.2, 0.25) is 10.0 Å². The second kappa shape index (κ2) is 13.7. The molecular formula is C30H27Cl2N5O3. The molecule has 0 aliphatic rings. The molecule has 0 spiro atoms. The van der Waals surface area contributed by atoms with Crippen LogP contribution < -0.4 is 15.4 Å². The molecule has 0 bridgehead atoms. The number of pyridine rings is 1. The number of amides is 2. The van der Waals surface area contributed by atoms with Crippen LogP contribution in [0.1, 0.15) is 24.0 Å². The summed E-state index contributed by atoms with van der Waals surface area (Å²) in [5.74, 6) is 2.49. The van der Waals surface area contributed by atoms with Gasteiger partial charge in [-0.2, -0.15) is 5.10 Å². The Morgan fingerprint density at radius 2 is 1.90 bits per heavy atom. The summed E-state index contributed by atoms with van der Waals surface area (Å²) in [4.78, 5) is 29.3. The number of hydrogen-bond acceptors (Lipinski definition) is 5. The molecule has 2 heterocycles. The molecule has 0 unspecified atom stereocenters. The zero-order chi connectivity index (χ0) is 28.5. The van der Waals surface area contributed by atoms with Gasteiger partial charge in [0.15, 0.2) is 0 Å². The third-order valence-corrected chi connectivity index (χ3v) is 6.78. The topological polar surface area (TPSA) is 98.1 Å². The lowest BCUT2D eigenvalue weighted by Crippen LogP contribution is -2.47. The smallest absolute Gasteiger partial charge is 0.242 e. The highest BCUT2D eigenvalue weighted by atomic mass is 35.5. The molecule has 4 rings (SSSR count). The van der Waals surface area contributed by atoms with E-state index in [4.69, 9.17) is 34.4 Å². The molecule has 4 aromatic rings. The first-order valence-corrected chi connectivity index (χ1v) is 13.3. The number of aromatic nitrogens is 3. The number of likely N-dealkylation sites (N-methyl/N-ethyl adjacent to an activating group) is 1. The van der Waals surface area contributed by atoms with E-state index in [-0.39, 0.29) is 24.8 Å². The van der Waals surface area contributed by atoms with E-state index in [1.165, 1.54) is 7.05 Å². The average Bonchev–Trinajstić information content (AvgIpc) is 3.41. The first kappa shape index (κ1) is 28.7. The van der Waals surface area contributed by atoms with E-state index in [1.54, 1.807) is 53.5 Å². The molecule has 10 heteroatoms. The minimum Gasteiger partial charge on any atom is -0.478 e. The summed E-state index contributed by atoms with van der Waals surface area (Å²) in [6, 6.07) is 17.3. The average molecular weight is 576 g/mol. The molecule has 0 saturated carbocycles. The quantitative estimate of drug-likeness (QED) is 0.197. The number of hydrogen-bond donors (Lipinski definition) is 2. The van der Waals surface area contributed by atoms with Gasteiger partial charge in [-0.15, -0.1) is 6.42 Å². The standard InChI is InChI=1S/C30H27Cl2N5O3/c1-3-20-8-10-21(11-9-20)16-27(30(39)33-2)35-28(38)7-5-15-40-29-18-26(22-6-4-14-34-19-22)36-37(29)23-12-13-24(31)25(32)17-23/h1,4,6,8-14,17-19,27H,5,7,15-16H2,2H3,(H,33,39)(H,35,38)/t27-/m0/s1. The molecular weight excluding hydrogens is 549 g/mol. The third kappa shape index (κ3) is 7.41. The van der Waals surface area contributed by atoms with E-state index in [0.29, 0.717) is 40.1 Å². The minimum absolute atomic E-state index is 0.167. The molecule has 0 fully saturated rings. The molecule has 2 amide bonds. The Labute approximate surface area is 242 Å². The zero-order valence-electron chi connectivity index (χ0n) is 21.7. The second-order valence-corrected chi connectivity index (χ2v) is 9.67. The fraction of sp³-hybridized carbons (Fsp3) is 0.200. The van der Waals surface area contributed by atoms with Crippen LogP contribution in [0.15, 0.2) is 73.1 Å². The van der Waals surface area contributed by atoms with E-state index in [0.717, 1.165) is 16.7 Å². The highest BCUT2D eigenvalue weighted by Gasteiger charge is 2.20. The first-order chi connectivity index (χ1) is 19.4. The summed E-state index contributed by atoms with van der Waals surface area (Å²) < 4.78 is 7.66. The SMILES string of the molecule is C#Cc1ccc(C[C@H](NC(=O)CCCOc2cc(-c3cccnc3)nn2-c2ccc(Cl)c(Cl)c2)C(=O)NC)cc1. The van der Waals surface area contributed by atoms with E-state index in [2.05, 4.69) is 26.6 Å². The molecule has 0 aliphatic carbocycles. The van der Waals surface area contributed by atoms with Gasteiger partial charge in [0.1, 0.15) is 6.04 Å². The van der Waals surface area contributed by atoms with Gasteiger partial charge >= 0.3 is 0 Å². The van der Waals surface area contributed by atoms with Crippen molar-refractivity contribution >= 4 is 35.0 Å². The summed E-state index contributed by atoms with van der Waals surface area (Å²) >= 11 is 12.3. The number of benzene rings is 2. The van der Waals surface area contributed by atoms with Gasteiger partial charge in [0.05, 0.1) is 28.0 Å². The molecule has 204 valence electrons. The van der Waals surface area contributed by atoms with Crippen LogP contribution in [0.25, 0.3) is 16.9 Å². The fourth-order valence-electron chi connectivity index (χ4n) is 3.96. The van der Waals surface area contributed by atoms with Crippen molar-refractivity contribution in [3.63, 3.8) is 0 Å². The van der Waals surface area contributed by atoms with Gasteiger partial charge in [0.2, 0.25) is 17.7 Å². The van der Waals surface area contributed by atoms with E-state index >= 15 is 0 Å². The molecule has 1 atom stereocenters. The maximum atomic E-state index is 12.7. The van der Waals surface area contributed by atoms with Gasteiger partial charge in [0, 0.05) is 49.5 Å². The molecule has 0 radical (unpaired) electrons. The maximum Gasteiger partial charge on any atom is 0.242 e. The van der Waals surface area contributed by atoms with Crippen LogP contribution in [-0.4, -0.2) is 46.3 Å². The largest absolute Gasteiger partial charge is 0.478 e. The molecule has 0 aliphatic heterocycles. The van der Waals surface area contributed by atoms with Crippen LogP contribution in [0.5, 0.6) is 5.88 Å². The molecule has 0 saturated heterocycles. The predicted molar refractivity (Wildman–Crippen MR) is 156 cm³/mol. The van der Waals surface area contributed by atoms with E-state index in [1.807, 2.05) is 24.3 Å². The van der Waals surface area contributed by atoms with Gasteiger partial charge in [-0.3, -0.25) is 14.6 Å². The lowest BCUT2D eigenvalue weighted by molar-refractivity contribution is -0.128. The first-order valence-electron chi connectivity index (χ1n) is 12.5. The fourth-order valence-corrected chi connectivity index (χ4v) is 4.25. The van der Waals surface area contributed by atoms with Crippen LogP contribution in [-0.2, 0) is 16.0 Å². The van der Waals surface area contributed by atoms with Crippen molar-refractivity contribution < 1.29 is 14.3 Å². The van der Waals surface area contributed by atoms with Crippen LogP contribution in [0.4, 0.5) is 0 Å². The van der Waals surface area contributed by atoms with Crippen LogP contribution in [0.3, 0.4) is 0 Å². The third-order valence-electron chi connectivity index (χ3n) is 6.04. The summed E-state index contributed by atoms with van der Waals surface area (Å²) in [5, 5.41) is 10.9. The van der Waals surface area contributed by atoms with Gasteiger partial charge in [0.25, 0.3) is 0 Å². The lowest BCUT2D eigenvalue weighted by Gasteiger charge is -2.17. The molecule has 2 N–H and O–H groups in total. The second-order valence-electron chi connectivity index (χ2n) is 8.85. The Kier molecular flexibility index (Phi) is 9.79. The number of rotatable bonds is 11. The van der Waals surface area contributed by atoms with Crippen LogP contribution >= 0.6 is 23.2 Å². The number of carbonyl (C=O) groups is 2. The van der Waals surface area contributed by atoms with Crippen molar-refractivity contribution in [2.45, 2.75) is 25.3 Å². The van der Waals surface area contributed by atoms with E-state index in [9.17, 15) is 9.59 Å². The maximum absolute atomic E-state index is 12.7. The molecule has 40 heavy (non-hydrogen) atoms. The summed E-state index contributed by atoms with van der Waals surface area (Å²) in [6.07, 6.45) is 9.73. The number of terminal acetylenes is 1. The normalized spacial score (nSPS) is 11.3. The zero-order valence-corrected chi connectivity index (χ0v) is 23.2. The molecule has 2 aromatic heterocycles. The number of carbonyl (C=O) groups excluding carboxylic acids is 2.